The highest BCUT2D eigenvalue weighted by Crippen LogP contribution is 2.29. The second kappa shape index (κ2) is 7.97. The first-order valence-electron chi connectivity index (χ1n) is 9.59. The highest BCUT2D eigenvalue weighted by Gasteiger charge is 2.17. The number of pyridine rings is 2. The van der Waals surface area contributed by atoms with Gasteiger partial charge in [-0.3, -0.25) is 9.78 Å². The fraction of sp³-hybridized carbons (Fsp3) is 0.0435. The first-order valence-corrected chi connectivity index (χ1v) is 9.96. The van der Waals surface area contributed by atoms with Gasteiger partial charge >= 0.3 is 0 Å². The molecule has 0 saturated heterocycles. The van der Waals surface area contributed by atoms with Gasteiger partial charge in [0.05, 0.1) is 34.8 Å². The number of hydrogen-bond acceptors (Lipinski definition) is 4. The molecule has 9 heteroatoms. The van der Waals surface area contributed by atoms with Crippen LogP contribution in [0.5, 0.6) is 0 Å². The second-order valence-electron chi connectivity index (χ2n) is 7.09. The lowest BCUT2D eigenvalue weighted by molar-refractivity contribution is -0.105. The van der Waals surface area contributed by atoms with Crippen LogP contribution in [-0.2, 0) is 11.3 Å². The van der Waals surface area contributed by atoms with E-state index in [1.807, 2.05) is 0 Å². The number of aromatic nitrogens is 4. The SMILES string of the molecule is O=CNc1ccc(-c2ccc3ncn(Cc4c(F)cc5ncccc5c4F)c3n2)cc1Cl. The number of nitrogens with one attached hydrogen (secondary N) is 1. The average Bonchev–Trinajstić information content (AvgIpc) is 3.20. The number of amides is 1. The van der Waals surface area contributed by atoms with Crippen LogP contribution < -0.4 is 5.32 Å². The van der Waals surface area contributed by atoms with Crippen LogP contribution in [0.25, 0.3) is 33.3 Å². The molecule has 0 fully saturated rings. The topological polar surface area (TPSA) is 72.7 Å². The zero-order valence-electron chi connectivity index (χ0n) is 16.4. The van der Waals surface area contributed by atoms with E-state index in [1.165, 1.54) is 18.6 Å². The van der Waals surface area contributed by atoms with E-state index in [0.717, 1.165) is 5.56 Å². The highest BCUT2D eigenvalue weighted by molar-refractivity contribution is 6.33. The van der Waals surface area contributed by atoms with Gasteiger partial charge in [-0.05, 0) is 36.4 Å². The Morgan fingerprint density at radius 2 is 1.94 bits per heavy atom. The molecule has 1 N–H and O–H groups in total. The summed E-state index contributed by atoms with van der Waals surface area (Å²) in [5, 5.41) is 3.13. The maximum Gasteiger partial charge on any atom is 0.211 e. The van der Waals surface area contributed by atoms with E-state index < -0.39 is 11.6 Å². The molecule has 5 aromatic rings. The van der Waals surface area contributed by atoms with Crippen LogP contribution in [0.4, 0.5) is 14.5 Å². The lowest BCUT2D eigenvalue weighted by atomic mass is 10.1. The van der Waals surface area contributed by atoms with Crippen molar-refractivity contribution in [2.45, 2.75) is 6.54 Å². The number of carbonyl (C=O) groups is 1. The van der Waals surface area contributed by atoms with Crippen molar-refractivity contribution in [3.05, 3.63) is 83.3 Å². The molecule has 0 atom stereocenters. The zero-order chi connectivity index (χ0) is 22.2. The van der Waals surface area contributed by atoms with Gasteiger partial charge in [-0.1, -0.05) is 17.7 Å². The summed E-state index contributed by atoms with van der Waals surface area (Å²) in [7, 11) is 0. The van der Waals surface area contributed by atoms with Gasteiger partial charge in [0.1, 0.15) is 17.2 Å². The Labute approximate surface area is 185 Å². The Hall–Kier alpha value is -3.91. The predicted molar refractivity (Wildman–Crippen MR) is 118 cm³/mol. The first kappa shape index (κ1) is 20.0. The number of halogens is 3. The fourth-order valence-corrected chi connectivity index (χ4v) is 3.81. The molecule has 0 bridgehead atoms. The van der Waals surface area contributed by atoms with Crippen LogP contribution in [0, 0.1) is 11.6 Å². The molecule has 32 heavy (non-hydrogen) atoms. The Balaban J connectivity index is 1.56. The second-order valence-corrected chi connectivity index (χ2v) is 7.50. The third-order valence-corrected chi connectivity index (χ3v) is 5.47. The van der Waals surface area contributed by atoms with E-state index in [-0.39, 0.29) is 23.0 Å². The summed E-state index contributed by atoms with van der Waals surface area (Å²) in [5.41, 5.74) is 3.02. The number of carbonyl (C=O) groups excluding carboxylic acids is 1. The number of anilines is 1. The zero-order valence-corrected chi connectivity index (χ0v) is 17.1. The smallest absolute Gasteiger partial charge is 0.211 e. The number of imidazole rings is 1. The molecule has 0 unspecified atom stereocenters. The van der Waals surface area contributed by atoms with E-state index in [1.54, 1.807) is 47.0 Å². The van der Waals surface area contributed by atoms with Crippen LogP contribution in [-0.4, -0.2) is 25.9 Å². The van der Waals surface area contributed by atoms with Gasteiger partial charge in [0.25, 0.3) is 0 Å². The molecule has 2 aromatic carbocycles. The molecule has 0 aliphatic rings. The van der Waals surface area contributed by atoms with Crippen LogP contribution in [0.3, 0.4) is 0 Å². The maximum absolute atomic E-state index is 15.0. The van der Waals surface area contributed by atoms with Crippen molar-refractivity contribution in [2.75, 3.05) is 5.32 Å². The third kappa shape index (κ3) is 3.44. The monoisotopic (exact) mass is 449 g/mol. The Morgan fingerprint density at radius 3 is 2.75 bits per heavy atom. The van der Waals surface area contributed by atoms with Crippen molar-refractivity contribution in [2.24, 2.45) is 0 Å². The molecule has 0 saturated carbocycles. The summed E-state index contributed by atoms with van der Waals surface area (Å²) >= 11 is 6.22. The van der Waals surface area contributed by atoms with Crippen molar-refractivity contribution in [3.8, 4) is 11.3 Å². The Bertz CT molecular complexity index is 1500. The van der Waals surface area contributed by atoms with Crippen molar-refractivity contribution < 1.29 is 13.6 Å². The molecular weight excluding hydrogens is 436 g/mol. The highest BCUT2D eigenvalue weighted by atomic mass is 35.5. The van der Waals surface area contributed by atoms with Gasteiger partial charge in [-0.25, -0.2) is 18.7 Å². The van der Waals surface area contributed by atoms with Gasteiger partial charge in [0.15, 0.2) is 5.65 Å². The van der Waals surface area contributed by atoms with Gasteiger partial charge in [-0.15, -0.1) is 0 Å². The quantitative estimate of drug-likeness (QED) is 0.374. The molecule has 5 rings (SSSR count). The molecule has 0 radical (unpaired) electrons. The van der Waals surface area contributed by atoms with Crippen molar-refractivity contribution >= 4 is 45.8 Å². The van der Waals surface area contributed by atoms with Crippen LogP contribution in [0.1, 0.15) is 5.56 Å². The van der Waals surface area contributed by atoms with Gasteiger partial charge in [0, 0.05) is 28.8 Å². The van der Waals surface area contributed by atoms with Gasteiger partial charge < -0.3 is 9.88 Å². The number of hydrogen-bond donors (Lipinski definition) is 1. The number of rotatable bonds is 5. The standard InChI is InChI=1S/C23H14ClF2N5O/c24-16-8-13(3-4-19(16)29-12-32)18-5-6-20-23(30-18)31(11-28-20)10-15-17(25)9-21-14(22(15)26)2-1-7-27-21/h1-9,11-12H,10H2,(H,29,32). The molecule has 0 spiro atoms. The van der Waals surface area contributed by atoms with E-state index in [4.69, 9.17) is 11.6 Å². The number of fused-ring (bicyclic) bond motifs is 2. The lowest BCUT2D eigenvalue weighted by Gasteiger charge is -2.10. The summed E-state index contributed by atoms with van der Waals surface area (Å²) in [4.78, 5) is 23.6. The van der Waals surface area contributed by atoms with Crippen LogP contribution >= 0.6 is 11.6 Å². The van der Waals surface area contributed by atoms with Crippen molar-refractivity contribution in [1.82, 2.24) is 19.5 Å². The average molecular weight is 450 g/mol. The Morgan fingerprint density at radius 1 is 1.06 bits per heavy atom. The molecule has 0 aliphatic heterocycles. The molecule has 3 heterocycles. The number of benzene rings is 2. The van der Waals surface area contributed by atoms with Crippen molar-refractivity contribution in [3.63, 3.8) is 0 Å². The van der Waals surface area contributed by atoms with Crippen LogP contribution in [0.15, 0.2) is 61.1 Å². The maximum atomic E-state index is 15.0. The molecular formula is C23H14ClF2N5O. The van der Waals surface area contributed by atoms with Gasteiger partial charge in [-0.2, -0.15) is 0 Å². The molecule has 1 amide bonds. The minimum absolute atomic E-state index is 0.0849. The molecule has 6 nitrogen and oxygen atoms in total. The molecule has 0 aliphatic carbocycles. The molecule has 158 valence electrons. The summed E-state index contributed by atoms with van der Waals surface area (Å²) < 4.78 is 31.3. The van der Waals surface area contributed by atoms with Crippen molar-refractivity contribution in [1.29, 1.82) is 0 Å². The molecule has 3 aromatic heterocycles. The van der Waals surface area contributed by atoms with E-state index in [9.17, 15) is 9.18 Å². The lowest BCUT2D eigenvalue weighted by Crippen LogP contribution is -2.06. The van der Waals surface area contributed by atoms with E-state index in [0.29, 0.717) is 34.0 Å². The predicted octanol–water partition coefficient (Wildman–Crippen LogP) is 5.19. The van der Waals surface area contributed by atoms with Gasteiger partial charge in [0.2, 0.25) is 6.41 Å². The minimum atomic E-state index is -0.684. The third-order valence-electron chi connectivity index (χ3n) is 5.16. The largest absolute Gasteiger partial charge is 0.327 e. The van der Waals surface area contributed by atoms with Crippen LogP contribution in [0.2, 0.25) is 5.02 Å². The van der Waals surface area contributed by atoms with E-state index >= 15 is 4.39 Å². The first-order chi connectivity index (χ1) is 15.5. The number of nitrogens with zero attached hydrogens (tertiary/aromatic N) is 4. The fourth-order valence-electron chi connectivity index (χ4n) is 3.58. The normalized spacial score (nSPS) is 11.2. The summed E-state index contributed by atoms with van der Waals surface area (Å²) in [6, 6.07) is 13.1. The summed E-state index contributed by atoms with van der Waals surface area (Å²) in [5.74, 6) is -1.34. The summed E-state index contributed by atoms with van der Waals surface area (Å²) in [6.07, 6.45) is 3.53. The minimum Gasteiger partial charge on any atom is -0.327 e. The Kier molecular flexibility index (Phi) is 4.99. The van der Waals surface area contributed by atoms with E-state index in [2.05, 4.69) is 20.3 Å². The summed E-state index contributed by atoms with van der Waals surface area (Å²) in [6.45, 7) is -0.0849.